The second-order valence-corrected chi connectivity index (χ2v) is 7.07. The van der Waals surface area contributed by atoms with Crippen molar-refractivity contribution in [3.8, 4) is 5.75 Å². The number of nitrogens with zero attached hydrogens (tertiary/aromatic N) is 4. The van der Waals surface area contributed by atoms with Crippen molar-refractivity contribution in [2.75, 3.05) is 33.3 Å². The number of nitrogens with one attached hydrogen (secondary N) is 1. The van der Waals surface area contributed by atoms with Crippen LogP contribution in [-0.2, 0) is 13.5 Å². The molecule has 154 valence electrons. The molecule has 3 rings (SSSR count). The zero-order valence-corrected chi connectivity index (χ0v) is 19.4. The van der Waals surface area contributed by atoms with E-state index in [0.29, 0.717) is 5.92 Å². The molecule has 1 fully saturated rings. The number of methoxy groups -OCH3 is 1. The van der Waals surface area contributed by atoms with Crippen LogP contribution in [0.1, 0.15) is 36.8 Å². The average molecular weight is 497 g/mol. The summed E-state index contributed by atoms with van der Waals surface area (Å²) < 4.78 is 7.12. The quantitative estimate of drug-likeness (QED) is 0.276. The predicted octanol–water partition coefficient (Wildman–Crippen LogP) is 3.43. The van der Waals surface area contributed by atoms with Crippen molar-refractivity contribution >= 4 is 29.9 Å². The van der Waals surface area contributed by atoms with Crippen LogP contribution in [0.5, 0.6) is 5.75 Å². The molecule has 1 aromatic carbocycles. The number of hydrogen-bond acceptors (Lipinski definition) is 3. The molecule has 1 aromatic heterocycles. The van der Waals surface area contributed by atoms with Gasteiger partial charge in [-0.2, -0.15) is 5.10 Å². The molecule has 1 N–H and O–H groups in total. The zero-order chi connectivity index (χ0) is 19.1. The van der Waals surface area contributed by atoms with E-state index < -0.39 is 0 Å². The number of aliphatic imine (C=N–C) groups is 1. The fourth-order valence-electron chi connectivity index (χ4n) is 3.60. The van der Waals surface area contributed by atoms with Gasteiger partial charge in [-0.3, -0.25) is 9.67 Å². The second-order valence-electron chi connectivity index (χ2n) is 7.07. The number of hydrogen-bond donors (Lipinski definition) is 1. The Hall–Kier alpha value is -1.77. The maximum Gasteiger partial charge on any atom is 0.193 e. The first-order valence-corrected chi connectivity index (χ1v) is 9.84. The summed E-state index contributed by atoms with van der Waals surface area (Å²) in [5.41, 5.74) is 2.66. The van der Waals surface area contributed by atoms with Crippen molar-refractivity contribution in [1.29, 1.82) is 0 Å². The van der Waals surface area contributed by atoms with Crippen LogP contribution in [0.3, 0.4) is 0 Å². The van der Waals surface area contributed by atoms with Gasteiger partial charge in [-0.15, -0.1) is 24.0 Å². The number of ether oxygens (including phenoxy) is 1. The molecular formula is C21H32IN5O. The van der Waals surface area contributed by atoms with Crippen molar-refractivity contribution in [1.82, 2.24) is 20.0 Å². The highest BCUT2D eigenvalue weighted by molar-refractivity contribution is 14.0. The van der Waals surface area contributed by atoms with Gasteiger partial charge in [0.1, 0.15) is 5.75 Å². The number of aryl methyl sites for hydroxylation is 2. The average Bonchev–Trinajstić information content (AvgIpc) is 3.34. The molecule has 7 heteroatoms. The number of guanidine groups is 1. The lowest BCUT2D eigenvalue weighted by atomic mass is 9.98. The van der Waals surface area contributed by atoms with Gasteiger partial charge in [0.2, 0.25) is 0 Å². The van der Waals surface area contributed by atoms with Crippen molar-refractivity contribution < 1.29 is 4.74 Å². The summed E-state index contributed by atoms with van der Waals surface area (Å²) >= 11 is 0. The number of benzene rings is 1. The molecule has 0 saturated carbocycles. The van der Waals surface area contributed by atoms with Crippen molar-refractivity contribution in [3.05, 3.63) is 47.8 Å². The van der Waals surface area contributed by atoms with E-state index in [9.17, 15) is 0 Å². The van der Waals surface area contributed by atoms with E-state index in [1.54, 1.807) is 7.11 Å². The zero-order valence-electron chi connectivity index (χ0n) is 17.1. The van der Waals surface area contributed by atoms with Crippen LogP contribution >= 0.6 is 24.0 Å². The molecule has 1 atom stereocenters. The molecule has 1 aliphatic rings. The number of likely N-dealkylation sites (tertiary alicyclic amines) is 1. The summed E-state index contributed by atoms with van der Waals surface area (Å²) in [5.74, 6) is 2.51. The Labute approximate surface area is 185 Å². The summed E-state index contributed by atoms with van der Waals surface area (Å²) in [4.78, 5) is 7.25. The molecule has 2 heterocycles. The Morgan fingerprint density at radius 1 is 1.32 bits per heavy atom. The van der Waals surface area contributed by atoms with Crippen molar-refractivity contribution in [3.63, 3.8) is 0 Å². The minimum absolute atomic E-state index is 0. The first-order valence-electron chi connectivity index (χ1n) is 9.84. The number of aromatic nitrogens is 2. The van der Waals surface area contributed by atoms with Gasteiger partial charge in [-0.25, -0.2) is 0 Å². The highest BCUT2D eigenvalue weighted by Gasteiger charge is 2.26. The Bertz CT molecular complexity index is 744. The molecule has 1 aliphatic heterocycles. The summed E-state index contributed by atoms with van der Waals surface area (Å²) in [5, 5.41) is 7.68. The minimum Gasteiger partial charge on any atom is -0.497 e. The van der Waals surface area contributed by atoms with Crippen LogP contribution in [0, 0.1) is 0 Å². The second kappa shape index (κ2) is 11.3. The summed E-state index contributed by atoms with van der Waals surface area (Å²) in [6, 6.07) is 8.47. The van der Waals surface area contributed by atoms with E-state index in [2.05, 4.69) is 52.7 Å². The fraction of sp³-hybridized carbons (Fsp3) is 0.524. The van der Waals surface area contributed by atoms with E-state index in [1.165, 1.54) is 11.1 Å². The van der Waals surface area contributed by atoms with Crippen LogP contribution in [-0.4, -0.2) is 53.9 Å². The summed E-state index contributed by atoms with van der Waals surface area (Å²) in [6.07, 6.45) is 7.23. The minimum atomic E-state index is 0. The Balaban J connectivity index is 0.00000280. The predicted molar refractivity (Wildman–Crippen MR) is 125 cm³/mol. The van der Waals surface area contributed by atoms with E-state index >= 15 is 0 Å². The molecular weight excluding hydrogens is 465 g/mol. The van der Waals surface area contributed by atoms with Crippen molar-refractivity contribution in [2.45, 2.75) is 32.1 Å². The highest BCUT2D eigenvalue weighted by Crippen LogP contribution is 2.28. The Morgan fingerprint density at radius 2 is 2.11 bits per heavy atom. The molecule has 6 nitrogen and oxygen atoms in total. The lowest BCUT2D eigenvalue weighted by molar-refractivity contribution is 0.414. The summed E-state index contributed by atoms with van der Waals surface area (Å²) in [7, 11) is 3.66. The molecule has 0 spiro atoms. The maximum atomic E-state index is 5.27. The van der Waals surface area contributed by atoms with Crippen LogP contribution in [0.4, 0.5) is 0 Å². The third kappa shape index (κ3) is 6.12. The lowest BCUT2D eigenvalue weighted by Crippen LogP contribution is -2.40. The van der Waals surface area contributed by atoms with Crippen LogP contribution in [0.15, 0.2) is 41.7 Å². The van der Waals surface area contributed by atoms with Crippen LogP contribution in [0.2, 0.25) is 0 Å². The smallest absolute Gasteiger partial charge is 0.193 e. The third-order valence-corrected chi connectivity index (χ3v) is 5.05. The molecule has 1 saturated heterocycles. The summed E-state index contributed by atoms with van der Waals surface area (Å²) in [6.45, 7) is 5.92. The Morgan fingerprint density at radius 3 is 2.75 bits per heavy atom. The number of halogens is 1. The first kappa shape index (κ1) is 22.5. The lowest BCUT2D eigenvalue weighted by Gasteiger charge is -2.22. The molecule has 2 aromatic rings. The van der Waals surface area contributed by atoms with Crippen LogP contribution in [0.25, 0.3) is 0 Å². The van der Waals surface area contributed by atoms with Crippen LogP contribution < -0.4 is 10.1 Å². The maximum absolute atomic E-state index is 5.27. The topological polar surface area (TPSA) is 54.7 Å². The largest absolute Gasteiger partial charge is 0.497 e. The fourth-order valence-corrected chi connectivity index (χ4v) is 3.60. The monoisotopic (exact) mass is 497 g/mol. The SMILES string of the molecule is CCNC(=NCCCc1cnn(C)c1)N1CCC(c2ccc(OC)cc2)C1.I. The molecule has 1 unspecified atom stereocenters. The molecule has 0 radical (unpaired) electrons. The Kier molecular flexibility index (Phi) is 9.08. The van der Waals surface area contributed by atoms with Gasteiger partial charge >= 0.3 is 0 Å². The standard InChI is InChI=1S/C21H31N5O.HI/c1-4-22-21(23-12-5-6-17-14-24-25(2)15-17)26-13-11-19(16-26)18-7-9-20(27-3)10-8-18;/h7-10,14-15,19H,4-6,11-13,16H2,1-3H3,(H,22,23);1H. The third-order valence-electron chi connectivity index (χ3n) is 5.05. The van der Waals surface area contributed by atoms with E-state index in [0.717, 1.165) is 57.2 Å². The van der Waals surface area contributed by atoms with E-state index in [4.69, 9.17) is 9.73 Å². The molecule has 28 heavy (non-hydrogen) atoms. The van der Waals surface area contributed by atoms with Crippen molar-refractivity contribution in [2.24, 2.45) is 12.0 Å². The highest BCUT2D eigenvalue weighted by atomic mass is 127. The normalized spacial score (nSPS) is 16.8. The number of rotatable bonds is 7. The van der Waals surface area contributed by atoms with Gasteiger partial charge in [0.05, 0.1) is 13.3 Å². The van der Waals surface area contributed by atoms with Gasteiger partial charge in [-0.1, -0.05) is 12.1 Å². The molecule has 0 bridgehead atoms. The van der Waals surface area contributed by atoms with Gasteiger partial charge in [0.15, 0.2) is 5.96 Å². The van der Waals surface area contributed by atoms with E-state index in [1.807, 2.05) is 17.9 Å². The molecule has 0 amide bonds. The molecule has 0 aliphatic carbocycles. The first-order chi connectivity index (χ1) is 13.2. The van der Waals surface area contributed by atoms with Gasteiger partial charge in [0, 0.05) is 45.3 Å². The van der Waals surface area contributed by atoms with E-state index in [-0.39, 0.29) is 24.0 Å². The van der Waals surface area contributed by atoms with Gasteiger partial charge in [0.25, 0.3) is 0 Å². The van der Waals surface area contributed by atoms with Gasteiger partial charge < -0.3 is 15.0 Å². The van der Waals surface area contributed by atoms with Gasteiger partial charge in [-0.05, 0) is 49.4 Å².